The fourth-order valence-corrected chi connectivity index (χ4v) is 2.17. The first-order valence-corrected chi connectivity index (χ1v) is 6.64. The first kappa shape index (κ1) is 15.4. The van der Waals surface area contributed by atoms with Crippen LogP contribution in [0.15, 0.2) is 36.4 Å². The van der Waals surface area contributed by atoms with Crippen molar-refractivity contribution in [1.82, 2.24) is 0 Å². The van der Waals surface area contributed by atoms with Crippen LogP contribution >= 0.6 is 0 Å². The van der Waals surface area contributed by atoms with E-state index in [0.29, 0.717) is 0 Å². The Labute approximate surface area is 122 Å². The van der Waals surface area contributed by atoms with Crippen molar-refractivity contribution in [2.75, 3.05) is 6.61 Å². The quantitative estimate of drug-likeness (QED) is 0.754. The number of alkyl halides is 3. The lowest BCUT2D eigenvalue weighted by molar-refractivity contribution is -0.153. The van der Waals surface area contributed by atoms with E-state index in [1.54, 1.807) is 18.2 Å². The fraction of sp³-hybridized carbons (Fsp3) is 0.294. The predicted octanol–water partition coefficient (Wildman–Crippen LogP) is 5.22. The molecule has 0 aliphatic rings. The van der Waals surface area contributed by atoms with E-state index in [9.17, 15) is 13.2 Å². The van der Waals surface area contributed by atoms with E-state index in [2.05, 4.69) is 0 Å². The molecule has 1 nitrogen and oxygen atoms in total. The summed E-state index contributed by atoms with van der Waals surface area (Å²) in [7, 11) is 0. The van der Waals surface area contributed by atoms with Gasteiger partial charge in [-0.15, -0.1) is 0 Å². The first-order valence-electron chi connectivity index (χ1n) is 6.64. The number of hydrogen-bond donors (Lipinski definition) is 0. The third-order valence-corrected chi connectivity index (χ3v) is 3.29. The molecule has 0 saturated carbocycles. The highest BCUT2D eigenvalue weighted by atomic mass is 19.4. The summed E-state index contributed by atoms with van der Waals surface area (Å²) in [6.07, 6.45) is -4.33. The molecule has 0 spiro atoms. The highest BCUT2D eigenvalue weighted by Crippen LogP contribution is 2.31. The molecule has 0 amide bonds. The van der Waals surface area contributed by atoms with E-state index < -0.39 is 12.8 Å². The maximum Gasteiger partial charge on any atom is 0.422 e. The fourth-order valence-electron chi connectivity index (χ4n) is 2.17. The lowest BCUT2D eigenvalue weighted by atomic mass is 9.95. The van der Waals surface area contributed by atoms with Crippen molar-refractivity contribution in [2.45, 2.75) is 26.9 Å². The van der Waals surface area contributed by atoms with Crippen molar-refractivity contribution in [3.05, 3.63) is 53.1 Å². The summed E-state index contributed by atoms with van der Waals surface area (Å²) in [6, 6.07) is 11.1. The number of benzene rings is 2. The molecule has 0 fully saturated rings. The summed E-state index contributed by atoms with van der Waals surface area (Å²) < 4.78 is 41.5. The zero-order chi connectivity index (χ0) is 15.6. The number of ether oxygens (including phenoxy) is 1. The van der Waals surface area contributed by atoms with Gasteiger partial charge in [-0.2, -0.15) is 13.2 Å². The Kier molecular flexibility index (Phi) is 4.26. The van der Waals surface area contributed by atoms with E-state index in [1.165, 1.54) is 0 Å². The van der Waals surface area contributed by atoms with Crippen LogP contribution in [-0.4, -0.2) is 12.8 Å². The minimum atomic E-state index is -4.33. The summed E-state index contributed by atoms with van der Waals surface area (Å²) in [5.74, 6) is 0.230. The zero-order valence-corrected chi connectivity index (χ0v) is 12.2. The van der Waals surface area contributed by atoms with Crippen molar-refractivity contribution in [1.29, 1.82) is 0 Å². The SMILES string of the molecule is Cc1ccc(C)c(-c2cc(OCC(F)(F)F)ccc2C)c1. The van der Waals surface area contributed by atoms with Crippen LogP contribution in [0.1, 0.15) is 16.7 Å². The van der Waals surface area contributed by atoms with Gasteiger partial charge in [0.2, 0.25) is 0 Å². The molecular weight excluding hydrogens is 277 g/mol. The lowest BCUT2D eigenvalue weighted by Crippen LogP contribution is -2.19. The van der Waals surface area contributed by atoms with Gasteiger partial charge >= 0.3 is 6.18 Å². The van der Waals surface area contributed by atoms with E-state index in [0.717, 1.165) is 27.8 Å². The second-order valence-electron chi connectivity index (χ2n) is 5.20. The van der Waals surface area contributed by atoms with Crippen LogP contribution in [-0.2, 0) is 0 Å². The Morgan fingerprint density at radius 2 is 1.43 bits per heavy atom. The van der Waals surface area contributed by atoms with E-state index in [1.807, 2.05) is 39.0 Å². The van der Waals surface area contributed by atoms with Gasteiger partial charge in [-0.3, -0.25) is 0 Å². The first-order chi connectivity index (χ1) is 9.76. The molecular formula is C17H17F3O. The van der Waals surface area contributed by atoms with Gasteiger partial charge in [0.25, 0.3) is 0 Å². The van der Waals surface area contributed by atoms with Gasteiger partial charge in [0, 0.05) is 0 Å². The highest BCUT2D eigenvalue weighted by molar-refractivity contribution is 5.72. The molecule has 0 bridgehead atoms. The lowest BCUT2D eigenvalue weighted by Gasteiger charge is -2.14. The molecule has 4 heteroatoms. The summed E-state index contributed by atoms with van der Waals surface area (Å²) in [6.45, 7) is 4.63. The van der Waals surface area contributed by atoms with Crippen molar-refractivity contribution < 1.29 is 17.9 Å². The summed E-state index contributed by atoms with van der Waals surface area (Å²) in [5.41, 5.74) is 5.11. The molecule has 0 aromatic heterocycles. The number of halogens is 3. The number of rotatable bonds is 3. The third kappa shape index (κ3) is 4.00. The van der Waals surface area contributed by atoms with Crippen molar-refractivity contribution >= 4 is 0 Å². The minimum absolute atomic E-state index is 0.230. The molecule has 21 heavy (non-hydrogen) atoms. The van der Waals surface area contributed by atoms with Crippen LogP contribution < -0.4 is 4.74 Å². The largest absolute Gasteiger partial charge is 0.484 e. The molecule has 0 unspecified atom stereocenters. The van der Waals surface area contributed by atoms with E-state index in [-0.39, 0.29) is 5.75 Å². The summed E-state index contributed by atoms with van der Waals surface area (Å²) in [5, 5.41) is 0. The van der Waals surface area contributed by atoms with Crippen LogP contribution in [0.2, 0.25) is 0 Å². The van der Waals surface area contributed by atoms with Gasteiger partial charge in [0.15, 0.2) is 6.61 Å². The van der Waals surface area contributed by atoms with E-state index in [4.69, 9.17) is 4.74 Å². The smallest absolute Gasteiger partial charge is 0.422 e. The molecule has 0 aliphatic heterocycles. The minimum Gasteiger partial charge on any atom is -0.484 e. The molecule has 0 saturated heterocycles. The van der Waals surface area contributed by atoms with Gasteiger partial charge in [0.1, 0.15) is 5.75 Å². The molecule has 0 heterocycles. The Morgan fingerprint density at radius 3 is 2.05 bits per heavy atom. The molecule has 0 radical (unpaired) electrons. The third-order valence-electron chi connectivity index (χ3n) is 3.29. The van der Waals surface area contributed by atoms with Gasteiger partial charge in [-0.25, -0.2) is 0 Å². The molecule has 112 valence electrons. The molecule has 0 atom stereocenters. The molecule has 2 aromatic carbocycles. The highest BCUT2D eigenvalue weighted by Gasteiger charge is 2.28. The summed E-state index contributed by atoms with van der Waals surface area (Å²) >= 11 is 0. The average molecular weight is 294 g/mol. The van der Waals surface area contributed by atoms with Crippen molar-refractivity contribution in [3.63, 3.8) is 0 Å². The van der Waals surface area contributed by atoms with Crippen molar-refractivity contribution in [2.24, 2.45) is 0 Å². The van der Waals surface area contributed by atoms with Gasteiger partial charge < -0.3 is 4.74 Å². The Hall–Kier alpha value is -1.97. The molecule has 2 rings (SSSR count). The van der Waals surface area contributed by atoms with Crippen LogP contribution in [0.25, 0.3) is 11.1 Å². The second-order valence-corrected chi connectivity index (χ2v) is 5.20. The molecule has 2 aromatic rings. The Balaban J connectivity index is 2.37. The van der Waals surface area contributed by atoms with Gasteiger partial charge in [-0.1, -0.05) is 29.8 Å². The van der Waals surface area contributed by atoms with Crippen LogP contribution in [0, 0.1) is 20.8 Å². The van der Waals surface area contributed by atoms with Crippen molar-refractivity contribution in [3.8, 4) is 16.9 Å². The Morgan fingerprint density at radius 1 is 0.857 bits per heavy atom. The second kappa shape index (κ2) is 5.80. The molecule has 0 aliphatic carbocycles. The maximum absolute atomic E-state index is 12.2. The normalized spacial score (nSPS) is 11.5. The Bertz CT molecular complexity index is 645. The van der Waals surface area contributed by atoms with Gasteiger partial charge in [-0.05, 0) is 55.2 Å². The van der Waals surface area contributed by atoms with Gasteiger partial charge in [0.05, 0.1) is 0 Å². The number of aryl methyl sites for hydroxylation is 3. The van der Waals surface area contributed by atoms with E-state index >= 15 is 0 Å². The van der Waals surface area contributed by atoms with Crippen LogP contribution in [0.4, 0.5) is 13.2 Å². The standard InChI is InChI=1S/C17H17F3O/c1-11-4-5-12(2)15(8-11)16-9-14(7-6-13(16)3)21-10-17(18,19)20/h4-9H,10H2,1-3H3. The topological polar surface area (TPSA) is 9.23 Å². The predicted molar refractivity (Wildman–Crippen MR) is 77.6 cm³/mol. The van der Waals surface area contributed by atoms with Crippen LogP contribution in [0.3, 0.4) is 0 Å². The molecule has 0 N–H and O–H groups in total. The summed E-state index contributed by atoms with van der Waals surface area (Å²) in [4.78, 5) is 0. The monoisotopic (exact) mass is 294 g/mol. The zero-order valence-electron chi connectivity index (χ0n) is 12.2. The number of hydrogen-bond acceptors (Lipinski definition) is 1. The average Bonchev–Trinajstić information content (AvgIpc) is 2.40. The maximum atomic E-state index is 12.2. The van der Waals surface area contributed by atoms with Crippen LogP contribution in [0.5, 0.6) is 5.75 Å².